The van der Waals surface area contributed by atoms with E-state index in [0.29, 0.717) is 5.56 Å². The maximum Gasteiger partial charge on any atom is 0.188 e. The van der Waals surface area contributed by atoms with Crippen molar-refractivity contribution in [1.82, 2.24) is 15.2 Å². The molecular formula is C9H5BrN4S. The van der Waals surface area contributed by atoms with Crippen LogP contribution in [0.25, 0.3) is 0 Å². The van der Waals surface area contributed by atoms with Crippen molar-refractivity contribution in [3.63, 3.8) is 0 Å². The summed E-state index contributed by atoms with van der Waals surface area (Å²) in [6, 6.07) is 7.61. The number of rotatable bonds is 2. The Morgan fingerprint density at radius 1 is 1.47 bits per heavy atom. The van der Waals surface area contributed by atoms with Crippen LogP contribution in [0, 0.1) is 11.3 Å². The van der Waals surface area contributed by atoms with Crippen LogP contribution in [-0.4, -0.2) is 15.2 Å². The molecule has 1 aromatic heterocycles. The minimum atomic E-state index is 0.622. The van der Waals surface area contributed by atoms with Crippen molar-refractivity contribution >= 4 is 27.7 Å². The first kappa shape index (κ1) is 10.2. The number of benzene rings is 1. The van der Waals surface area contributed by atoms with Crippen LogP contribution in [0.3, 0.4) is 0 Å². The van der Waals surface area contributed by atoms with E-state index in [1.807, 2.05) is 12.1 Å². The van der Waals surface area contributed by atoms with E-state index < -0.39 is 0 Å². The molecule has 1 aromatic carbocycles. The monoisotopic (exact) mass is 280 g/mol. The molecule has 0 spiro atoms. The third kappa shape index (κ3) is 2.37. The summed E-state index contributed by atoms with van der Waals surface area (Å²) in [5.41, 5.74) is 0.622. The molecule has 6 heteroatoms. The highest BCUT2D eigenvalue weighted by molar-refractivity contribution is 9.10. The van der Waals surface area contributed by atoms with E-state index in [9.17, 15) is 0 Å². The number of hydrogen-bond donors (Lipinski definition) is 1. The molecule has 1 heterocycles. The van der Waals surface area contributed by atoms with Gasteiger partial charge in [-0.1, -0.05) is 11.8 Å². The fourth-order valence-corrected chi connectivity index (χ4v) is 2.36. The summed E-state index contributed by atoms with van der Waals surface area (Å²) in [5, 5.41) is 16.0. The summed E-state index contributed by atoms with van der Waals surface area (Å²) in [4.78, 5) is 5.00. The van der Waals surface area contributed by atoms with Gasteiger partial charge in [-0.05, 0) is 34.1 Å². The second-order valence-corrected chi connectivity index (χ2v) is 4.56. The van der Waals surface area contributed by atoms with Crippen molar-refractivity contribution in [1.29, 1.82) is 5.26 Å². The van der Waals surface area contributed by atoms with Crippen LogP contribution < -0.4 is 0 Å². The Hall–Kier alpha value is -1.32. The van der Waals surface area contributed by atoms with Gasteiger partial charge in [0.1, 0.15) is 12.4 Å². The van der Waals surface area contributed by atoms with Crippen LogP contribution in [0.1, 0.15) is 5.56 Å². The highest BCUT2D eigenvalue weighted by atomic mass is 79.9. The van der Waals surface area contributed by atoms with Gasteiger partial charge in [-0.15, -0.1) is 0 Å². The lowest BCUT2D eigenvalue weighted by Gasteiger charge is -1.99. The zero-order chi connectivity index (χ0) is 10.7. The summed E-state index contributed by atoms with van der Waals surface area (Å²) >= 11 is 4.79. The summed E-state index contributed by atoms with van der Waals surface area (Å²) in [7, 11) is 0. The van der Waals surface area contributed by atoms with Crippen molar-refractivity contribution in [2.75, 3.05) is 0 Å². The molecule has 0 saturated heterocycles. The zero-order valence-electron chi connectivity index (χ0n) is 7.44. The molecule has 0 aliphatic heterocycles. The molecule has 0 aliphatic carbocycles. The molecule has 0 fully saturated rings. The zero-order valence-corrected chi connectivity index (χ0v) is 9.84. The topological polar surface area (TPSA) is 65.4 Å². The quantitative estimate of drug-likeness (QED) is 0.918. The van der Waals surface area contributed by atoms with Crippen molar-refractivity contribution in [3.05, 3.63) is 34.6 Å². The minimum absolute atomic E-state index is 0.622. The maximum atomic E-state index is 8.75. The lowest BCUT2D eigenvalue weighted by Crippen LogP contribution is -1.80. The van der Waals surface area contributed by atoms with Crippen LogP contribution >= 0.6 is 27.7 Å². The SMILES string of the molecule is N#Cc1ccc(Sc2ncn[nH]2)cc1Br. The first-order valence-electron chi connectivity index (χ1n) is 4.02. The van der Waals surface area contributed by atoms with E-state index in [1.54, 1.807) is 6.07 Å². The summed E-state index contributed by atoms with van der Waals surface area (Å²) in [6.45, 7) is 0. The van der Waals surface area contributed by atoms with Crippen LogP contribution in [0.15, 0.2) is 39.1 Å². The van der Waals surface area contributed by atoms with Gasteiger partial charge in [0.15, 0.2) is 5.16 Å². The van der Waals surface area contributed by atoms with E-state index in [2.05, 4.69) is 37.2 Å². The predicted molar refractivity (Wildman–Crippen MR) is 59.4 cm³/mol. The maximum absolute atomic E-state index is 8.75. The molecule has 1 N–H and O–H groups in total. The third-order valence-electron chi connectivity index (χ3n) is 1.67. The highest BCUT2D eigenvalue weighted by Gasteiger charge is 2.03. The standard InChI is InChI=1S/C9H5BrN4S/c10-8-3-7(2-1-6(8)4-11)15-9-12-5-13-14-9/h1-3,5H,(H,12,13,14). The second kappa shape index (κ2) is 4.47. The average molecular weight is 281 g/mol. The molecule has 0 atom stereocenters. The third-order valence-corrected chi connectivity index (χ3v) is 3.20. The number of hydrogen-bond acceptors (Lipinski definition) is 4. The Kier molecular flexibility index (Phi) is 3.04. The first-order valence-corrected chi connectivity index (χ1v) is 5.63. The molecule has 0 aliphatic rings. The first-order chi connectivity index (χ1) is 7.29. The molecular weight excluding hydrogens is 276 g/mol. The second-order valence-electron chi connectivity index (χ2n) is 2.65. The van der Waals surface area contributed by atoms with Crippen LogP contribution in [-0.2, 0) is 0 Å². The number of nitriles is 1. The Morgan fingerprint density at radius 2 is 2.33 bits per heavy atom. The Labute approximate surface area is 98.9 Å². The van der Waals surface area contributed by atoms with E-state index in [-0.39, 0.29) is 0 Å². The van der Waals surface area contributed by atoms with Crippen molar-refractivity contribution in [3.8, 4) is 6.07 Å². The van der Waals surface area contributed by atoms with Gasteiger partial charge in [0.25, 0.3) is 0 Å². The van der Waals surface area contributed by atoms with Gasteiger partial charge >= 0.3 is 0 Å². The molecule has 4 nitrogen and oxygen atoms in total. The Balaban J connectivity index is 2.24. The fraction of sp³-hybridized carbons (Fsp3) is 0. The number of nitrogens with one attached hydrogen (secondary N) is 1. The van der Waals surface area contributed by atoms with Crippen LogP contribution in [0.4, 0.5) is 0 Å². The summed E-state index contributed by atoms with van der Waals surface area (Å²) < 4.78 is 0.787. The molecule has 2 rings (SSSR count). The fourth-order valence-electron chi connectivity index (χ4n) is 1.01. The lowest BCUT2D eigenvalue weighted by molar-refractivity contribution is 0.973. The molecule has 0 amide bonds. The Morgan fingerprint density at radius 3 is 2.93 bits per heavy atom. The van der Waals surface area contributed by atoms with Gasteiger partial charge in [-0.3, -0.25) is 5.10 Å². The molecule has 74 valence electrons. The number of H-pyrrole nitrogens is 1. The van der Waals surface area contributed by atoms with Gasteiger partial charge in [-0.2, -0.15) is 10.4 Å². The molecule has 0 radical (unpaired) electrons. The number of halogens is 1. The van der Waals surface area contributed by atoms with Gasteiger partial charge in [0, 0.05) is 9.37 Å². The summed E-state index contributed by atoms with van der Waals surface area (Å²) in [6.07, 6.45) is 1.46. The van der Waals surface area contributed by atoms with Crippen LogP contribution in [0.2, 0.25) is 0 Å². The lowest BCUT2D eigenvalue weighted by atomic mass is 10.2. The van der Waals surface area contributed by atoms with Crippen molar-refractivity contribution in [2.45, 2.75) is 10.1 Å². The highest BCUT2D eigenvalue weighted by Crippen LogP contribution is 2.28. The minimum Gasteiger partial charge on any atom is -0.254 e. The van der Waals surface area contributed by atoms with E-state index in [4.69, 9.17) is 5.26 Å². The number of nitrogens with zero attached hydrogens (tertiary/aromatic N) is 3. The molecule has 2 aromatic rings. The molecule has 15 heavy (non-hydrogen) atoms. The normalized spacial score (nSPS) is 9.87. The van der Waals surface area contributed by atoms with Crippen molar-refractivity contribution < 1.29 is 0 Å². The van der Waals surface area contributed by atoms with E-state index >= 15 is 0 Å². The van der Waals surface area contributed by atoms with E-state index in [1.165, 1.54) is 18.1 Å². The number of aromatic amines is 1. The molecule has 0 saturated carbocycles. The smallest absolute Gasteiger partial charge is 0.188 e. The Bertz CT molecular complexity index is 503. The summed E-state index contributed by atoms with van der Waals surface area (Å²) in [5.74, 6) is 0. The van der Waals surface area contributed by atoms with Crippen molar-refractivity contribution in [2.24, 2.45) is 0 Å². The predicted octanol–water partition coefficient (Wildman–Crippen LogP) is 2.59. The van der Waals surface area contributed by atoms with Gasteiger partial charge < -0.3 is 0 Å². The van der Waals surface area contributed by atoms with Gasteiger partial charge in [0.2, 0.25) is 0 Å². The van der Waals surface area contributed by atoms with Gasteiger partial charge in [0.05, 0.1) is 5.56 Å². The van der Waals surface area contributed by atoms with Gasteiger partial charge in [-0.25, -0.2) is 4.98 Å². The largest absolute Gasteiger partial charge is 0.254 e. The van der Waals surface area contributed by atoms with Crippen LogP contribution in [0.5, 0.6) is 0 Å². The van der Waals surface area contributed by atoms with E-state index in [0.717, 1.165) is 14.5 Å². The molecule has 0 unspecified atom stereocenters. The molecule has 0 bridgehead atoms. The average Bonchev–Trinajstić information content (AvgIpc) is 2.71. The number of aromatic nitrogens is 3.